The normalized spacial score (nSPS) is 21.4. The maximum Gasteiger partial charge on any atom is 0.322 e. The number of ether oxygens (including phenoxy) is 3. The van der Waals surface area contributed by atoms with Crippen molar-refractivity contribution in [2.45, 2.75) is 37.9 Å². The van der Waals surface area contributed by atoms with Gasteiger partial charge in [0.2, 0.25) is 0 Å². The van der Waals surface area contributed by atoms with Gasteiger partial charge in [0.25, 0.3) is 0 Å². The first-order chi connectivity index (χ1) is 12.2. The summed E-state index contributed by atoms with van der Waals surface area (Å²) in [5.41, 5.74) is 0.610. The predicted octanol–water partition coefficient (Wildman–Crippen LogP) is 3.54. The number of morpholine rings is 1. The fourth-order valence-corrected chi connectivity index (χ4v) is 3.45. The first kappa shape index (κ1) is 18.3. The Kier molecular flexibility index (Phi) is 6.39. The van der Waals surface area contributed by atoms with E-state index in [2.05, 4.69) is 5.32 Å². The number of methoxy groups -OCH3 is 1. The van der Waals surface area contributed by atoms with Gasteiger partial charge >= 0.3 is 6.03 Å². The van der Waals surface area contributed by atoms with Crippen LogP contribution in [0, 0.1) is 0 Å². The summed E-state index contributed by atoms with van der Waals surface area (Å²) < 4.78 is 16.8. The maximum absolute atomic E-state index is 12.6. The van der Waals surface area contributed by atoms with Crippen molar-refractivity contribution in [2.24, 2.45) is 0 Å². The molecule has 1 aliphatic carbocycles. The number of rotatable bonds is 5. The molecule has 2 amide bonds. The van der Waals surface area contributed by atoms with Gasteiger partial charge in [-0.2, -0.15) is 0 Å². The number of halogens is 1. The summed E-state index contributed by atoms with van der Waals surface area (Å²) >= 11 is 6.11. The standard InChI is InChI=1S/C18H25ClN2O4/c1-23-12-15-11-21(8-9-24-15)18(22)20-16-10-13(19)6-7-17(16)25-14-4-2-3-5-14/h6-7,10,14-15H,2-5,8-9,11-12H2,1H3,(H,20,22). The highest BCUT2D eigenvalue weighted by Crippen LogP contribution is 2.32. The Labute approximate surface area is 153 Å². The number of carbonyl (C=O) groups is 1. The number of amides is 2. The van der Waals surface area contributed by atoms with Gasteiger partial charge in [0, 0.05) is 18.7 Å². The Balaban J connectivity index is 1.66. The minimum atomic E-state index is -0.178. The first-order valence-corrected chi connectivity index (χ1v) is 9.16. The van der Waals surface area contributed by atoms with Gasteiger partial charge in [-0.05, 0) is 43.9 Å². The highest BCUT2D eigenvalue weighted by Gasteiger charge is 2.25. The summed E-state index contributed by atoms with van der Waals surface area (Å²) in [5, 5.41) is 3.50. The lowest BCUT2D eigenvalue weighted by Gasteiger charge is -2.32. The van der Waals surface area contributed by atoms with Crippen LogP contribution in [-0.4, -0.2) is 56.6 Å². The van der Waals surface area contributed by atoms with E-state index in [1.807, 2.05) is 6.07 Å². The van der Waals surface area contributed by atoms with Crippen LogP contribution in [0.5, 0.6) is 5.75 Å². The molecule has 0 bridgehead atoms. The summed E-state index contributed by atoms with van der Waals surface area (Å²) in [7, 11) is 1.63. The number of nitrogens with zero attached hydrogens (tertiary/aromatic N) is 1. The predicted molar refractivity (Wildman–Crippen MR) is 96.5 cm³/mol. The molecule has 7 heteroatoms. The van der Waals surface area contributed by atoms with Gasteiger partial charge in [-0.25, -0.2) is 4.79 Å². The van der Waals surface area contributed by atoms with Crippen molar-refractivity contribution in [3.05, 3.63) is 23.2 Å². The van der Waals surface area contributed by atoms with Gasteiger partial charge in [0.05, 0.1) is 37.7 Å². The average Bonchev–Trinajstić information content (AvgIpc) is 3.11. The Bertz CT molecular complexity index is 590. The van der Waals surface area contributed by atoms with E-state index in [9.17, 15) is 4.79 Å². The van der Waals surface area contributed by atoms with Crippen molar-refractivity contribution in [3.8, 4) is 5.75 Å². The minimum Gasteiger partial charge on any atom is -0.488 e. The summed E-state index contributed by atoms with van der Waals surface area (Å²) in [6, 6.07) is 5.16. The molecule has 1 saturated heterocycles. The molecule has 1 aromatic carbocycles. The van der Waals surface area contributed by atoms with Crippen molar-refractivity contribution < 1.29 is 19.0 Å². The number of urea groups is 1. The molecule has 1 aliphatic heterocycles. The molecule has 2 fully saturated rings. The topological polar surface area (TPSA) is 60.0 Å². The fourth-order valence-electron chi connectivity index (χ4n) is 3.27. The second-order valence-electron chi connectivity index (χ2n) is 6.49. The maximum atomic E-state index is 12.6. The molecule has 0 spiro atoms. The van der Waals surface area contributed by atoms with Crippen LogP contribution in [0.4, 0.5) is 10.5 Å². The summed E-state index contributed by atoms with van der Waals surface area (Å²) in [5.74, 6) is 0.673. The molecular formula is C18H25ClN2O4. The molecule has 1 unspecified atom stereocenters. The SMILES string of the molecule is COCC1CN(C(=O)Nc2cc(Cl)ccc2OC2CCCC2)CCO1. The summed E-state index contributed by atoms with van der Waals surface area (Å²) in [6.07, 6.45) is 4.60. The highest BCUT2D eigenvalue weighted by atomic mass is 35.5. The zero-order valence-electron chi connectivity index (χ0n) is 14.5. The van der Waals surface area contributed by atoms with Crippen LogP contribution < -0.4 is 10.1 Å². The van der Waals surface area contributed by atoms with Crippen molar-refractivity contribution >= 4 is 23.3 Å². The first-order valence-electron chi connectivity index (χ1n) is 8.78. The van der Waals surface area contributed by atoms with Crippen molar-refractivity contribution in [1.82, 2.24) is 4.90 Å². The second-order valence-corrected chi connectivity index (χ2v) is 6.93. The molecule has 0 aromatic heterocycles. The van der Waals surface area contributed by atoms with E-state index in [1.54, 1.807) is 24.1 Å². The molecule has 1 aromatic rings. The fraction of sp³-hybridized carbons (Fsp3) is 0.611. The van der Waals surface area contributed by atoms with Crippen LogP contribution in [0.15, 0.2) is 18.2 Å². The van der Waals surface area contributed by atoms with Crippen molar-refractivity contribution in [1.29, 1.82) is 0 Å². The third-order valence-corrected chi connectivity index (χ3v) is 4.79. The molecule has 3 rings (SSSR count). The minimum absolute atomic E-state index is 0.0990. The van der Waals surface area contributed by atoms with Crippen molar-refractivity contribution in [2.75, 3.05) is 38.7 Å². The van der Waals surface area contributed by atoms with E-state index in [1.165, 1.54) is 12.8 Å². The van der Waals surface area contributed by atoms with Gasteiger partial charge in [-0.15, -0.1) is 0 Å². The lowest BCUT2D eigenvalue weighted by atomic mass is 10.2. The van der Waals surface area contributed by atoms with E-state index in [-0.39, 0.29) is 18.2 Å². The van der Waals surface area contributed by atoms with Crippen LogP contribution in [-0.2, 0) is 9.47 Å². The second kappa shape index (κ2) is 8.74. The molecule has 0 radical (unpaired) electrons. The molecule has 25 heavy (non-hydrogen) atoms. The number of hydrogen-bond acceptors (Lipinski definition) is 4. The molecule has 1 heterocycles. The Hall–Kier alpha value is -1.50. The van der Waals surface area contributed by atoms with Crippen LogP contribution in [0.2, 0.25) is 5.02 Å². The lowest BCUT2D eigenvalue weighted by Crippen LogP contribution is -2.48. The van der Waals surface area contributed by atoms with Crippen molar-refractivity contribution in [3.63, 3.8) is 0 Å². The van der Waals surface area contributed by atoms with Crippen LogP contribution in [0.3, 0.4) is 0 Å². The number of nitrogens with one attached hydrogen (secondary N) is 1. The largest absolute Gasteiger partial charge is 0.488 e. The van der Waals surface area contributed by atoms with E-state index in [0.29, 0.717) is 42.8 Å². The average molecular weight is 369 g/mol. The highest BCUT2D eigenvalue weighted by molar-refractivity contribution is 6.31. The van der Waals surface area contributed by atoms with Crippen LogP contribution in [0.1, 0.15) is 25.7 Å². The monoisotopic (exact) mass is 368 g/mol. The molecule has 6 nitrogen and oxygen atoms in total. The van der Waals surface area contributed by atoms with Gasteiger partial charge in [-0.3, -0.25) is 0 Å². The van der Waals surface area contributed by atoms with Gasteiger partial charge in [0.15, 0.2) is 0 Å². The zero-order valence-corrected chi connectivity index (χ0v) is 15.3. The van der Waals surface area contributed by atoms with E-state index in [0.717, 1.165) is 12.8 Å². The molecule has 2 aliphatic rings. The Morgan fingerprint density at radius 2 is 2.20 bits per heavy atom. The number of hydrogen-bond donors (Lipinski definition) is 1. The lowest BCUT2D eigenvalue weighted by molar-refractivity contribution is -0.0481. The van der Waals surface area contributed by atoms with E-state index < -0.39 is 0 Å². The Morgan fingerprint density at radius 1 is 1.40 bits per heavy atom. The number of carbonyl (C=O) groups excluding carboxylic acids is 1. The Morgan fingerprint density at radius 3 is 2.96 bits per heavy atom. The summed E-state index contributed by atoms with van der Waals surface area (Å²) in [6.45, 7) is 2.02. The molecule has 1 N–H and O–H groups in total. The molecule has 1 saturated carbocycles. The zero-order chi connectivity index (χ0) is 17.6. The number of anilines is 1. The van der Waals surface area contributed by atoms with E-state index >= 15 is 0 Å². The smallest absolute Gasteiger partial charge is 0.322 e. The van der Waals surface area contributed by atoms with Crippen LogP contribution >= 0.6 is 11.6 Å². The molecule has 138 valence electrons. The quantitative estimate of drug-likeness (QED) is 0.863. The van der Waals surface area contributed by atoms with Gasteiger partial charge in [0.1, 0.15) is 5.75 Å². The number of benzene rings is 1. The van der Waals surface area contributed by atoms with Gasteiger partial charge in [-0.1, -0.05) is 11.6 Å². The van der Waals surface area contributed by atoms with Gasteiger partial charge < -0.3 is 24.4 Å². The summed E-state index contributed by atoms with van der Waals surface area (Å²) in [4.78, 5) is 14.4. The third kappa shape index (κ3) is 5.00. The molecular weight excluding hydrogens is 344 g/mol. The van der Waals surface area contributed by atoms with Crippen LogP contribution in [0.25, 0.3) is 0 Å². The van der Waals surface area contributed by atoms with E-state index in [4.69, 9.17) is 25.8 Å². The third-order valence-electron chi connectivity index (χ3n) is 4.56. The molecule has 1 atom stereocenters.